The molecule has 5 nitrogen and oxygen atoms in total. The predicted molar refractivity (Wildman–Crippen MR) is 132 cm³/mol. The predicted octanol–water partition coefficient (Wildman–Crippen LogP) is 3.76. The molecule has 0 aliphatic carbocycles. The molecule has 2 aromatic carbocycles. The zero-order valence-corrected chi connectivity index (χ0v) is 20.9. The molecular weight excluding hydrogens is 424 g/mol. The van der Waals surface area contributed by atoms with Crippen molar-refractivity contribution in [3.63, 3.8) is 0 Å². The third-order valence-corrected chi connectivity index (χ3v) is 5.68. The number of hydrogen-bond acceptors (Lipinski definition) is 5. The number of carboxylic acid groups (broad SMARTS) is 1. The molecule has 0 amide bonds. The molecule has 0 N–H and O–H groups in total. The summed E-state index contributed by atoms with van der Waals surface area (Å²) in [7, 11) is 8.29. The highest BCUT2D eigenvalue weighted by Crippen LogP contribution is 2.33. The van der Waals surface area contributed by atoms with Gasteiger partial charge in [0, 0.05) is 19.0 Å². The van der Waals surface area contributed by atoms with Crippen LogP contribution in [0.3, 0.4) is 0 Å². The summed E-state index contributed by atoms with van der Waals surface area (Å²) in [4.78, 5) is 15.5. The van der Waals surface area contributed by atoms with E-state index in [-0.39, 0.29) is 18.0 Å². The summed E-state index contributed by atoms with van der Waals surface area (Å²) in [5.41, 5.74) is 1.11. The van der Waals surface area contributed by atoms with E-state index >= 15 is 0 Å². The number of benzene rings is 2. The molecule has 1 atom stereocenters. The van der Waals surface area contributed by atoms with Crippen LogP contribution in [-0.4, -0.2) is 62.7 Å². The van der Waals surface area contributed by atoms with Crippen LogP contribution in [0.4, 0.5) is 0 Å². The molecule has 178 valence electrons. The Balaban J connectivity index is 0.00000512. The Labute approximate surface area is 199 Å². The Hall–Kier alpha value is -2.08. The average molecular weight is 462 g/mol. The van der Waals surface area contributed by atoms with Gasteiger partial charge in [-0.05, 0) is 89.3 Å². The molecule has 0 saturated carbocycles. The Bertz CT molecular complexity index is 784. The molecule has 0 spiro atoms. The molecule has 2 aromatic rings. The highest BCUT2D eigenvalue weighted by molar-refractivity contribution is 5.86. The summed E-state index contributed by atoms with van der Waals surface area (Å²) in [6, 6.07) is 17.2. The van der Waals surface area contributed by atoms with Crippen molar-refractivity contribution in [2.75, 3.05) is 41.3 Å². The smallest absolute Gasteiger partial charge is 0.137 e. The van der Waals surface area contributed by atoms with Gasteiger partial charge in [0.2, 0.25) is 0 Å². The molecule has 0 aliphatic heterocycles. The molecule has 0 heterocycles. The van der Waals surface area contributed by atoms with Crippen molar-refractivity contribution >= 4 is 18.4 Å². The second-order valence-electron chi connectivity index (χ2n) is 8.94. The van der Waals surface area contributed by atoms with Gasteiger partial charge in [0.25, 0.3) is 0 Å². The van der Waals surface area contributed by atoms with Crippen molar-refractivity contribution in [1.82, 2.24) is 9.80 Å². The average Bonchev–Trinajstić information content (AvgIpc) is 2.71. The minimum absolute atomic E-state index is 0. The SMILES string of the molecule is CCC(CCCc1ccccc1)C(CN(C)C)(CN(C)C)Oc1ccc(C(=O)[O-])cc1.Cl. The Morgan fingerprint density at radius 3 is 2.00 bits per heavy atom. The number of carbonyl (C=O) groups is 1. The van der Waals surface area contributed by atoms with E-state index in [1.54, 1.807) is 24.3 Å². The lowest BCUT2D eigenvalue weighted by molar-refractivity contribution is -0.255. The minimum Gasteiger partial charge on any atom is -0.545 e. The van der Waals surface area contributed by atoms with E-state index < -0.39 is 11.6 Å². The van der Waals surface area contributed by atoms with Gasteiger partial charge >= 0.3 is 0 Å². The highest BCUT2D eigenvalue weighted by atomic mass is 35.5. The summed E-state index contributed by atoms with van der Waals surface area (Å²) < 4.78 is 6.72. The van der Waals surface area contributed by atoms with Gasteiger partial charge in [-0.2, -0.15) is 0 Å². The molecule has 0 aromatic heterocycles. The van der Waals surface area contributed by atoms with E-state index in [0.717, 1.165) is 38.8 Å². The third-order valence-electron chi connectivity index (χ3n) is 5.68. The Morgan fingerprint density at radius 1 is 0.969 bits per heavy atom. The fourth-order valence-electron chi connectivity index (χ4n) is 4.46. The van der Waals surface area contributed by atoms with Crippen LogP contribution in [0.2, 0.25) is 0 Å². The van der Waals surface area contributed by atoms with Gasteiger partial charge in [-0.3, -0.25) is 0 Å². The van der Waals surface area contributed by atoms with Gasteiger partial charge in [0.15, 0.2) is 0 Å². The van der Waals surface area contributed by atoms with Crippen LogP contribution in [-0.2, 0) is 6.42 Å². The zero-order valence-electron chi connectivity index (χ0n) is 20.0. The molecule has 32 heavy (non-hydrogen) atoms. The van der Waals surface area contributed by atoms with Gasteiger partial charge in [-0.1, -0.05) is 37.3 Å². The number of likely N-dealkylation sites (N-methyl/N-ethyl adjacent to an activating group) is 2. The largest absolute Gasteiger partial charge is 0.545 e. The maximum Gasteiger partial charge on any atom is 0.137 e. The van der Waals surface area contributed by atoms with Crippen LogP contribution in [0.15, 0.2) is 54.6 Å². The van der Waals surface area contributed by atoms with E-state index in [1.807, 2.05) is 0 Å². The fraction of sp³-hybridized carbons (Fsp3) is 0.500. The number of carboxylic acids is 1. The van der Waals surface area contributed by atoms with E-state index in [1.165, 1.54) is 5.56 Å². The van der Waals surface area contributed by atoms with Crippen LogP contribution >= 0.6 is 12.4 Å². The maximum absolute atomic E-state index is 11.1. The molecular formula is C26H38ClN2O3-. The summed E-state index contributed by atoms with van der Waals surface area (Å²) in [5, 5.41) is 11.1. The van der Waals surface area contributed by atoms with E-state index in [9.17, 15) is 9.90 Å². The third kappa shape index (κ3) is 8.45. The van der Waals surface area contributed by atoms with Gasteiger partial charge in [0.1, 0.15) is 11.4 Å². The van der Waals surface area contributed by atoms with Crippen LogP contribution in [0.1, 0.15) is 42.1 Å². The summed E-state index contributed by atoms with van der Waals surface area (Å²) in [5.74, 6) is -0.135. The number of halogens is 1. The Morgan fingerprint density at radius 2 is 1.53 bits per heavy atom. The van der Waals surface area contributed by atoms with Crippen molar-refractivity contribution in [2.24, 2.45) is 5.92 Å². The van der Waals surface area contributed by atoms with Crippen molar-refractivity contribution in [1.29, 1.82) is 0 Å². The highest BCUT2D eigenvalue weighted by Gasteiger charge is 2.41. The second-order valence-corrected chi connectivity index (χ2v) is 8.94. The first-order chi connectivity index (χ1) is 14.8. The Kier molecular flexibility index (Phi) is 11.8. The zero-order chi connectivity index (χ0) is 22.9. The molecule has 0 saturated heterocycles. The van der Waals surface area contributed by atoms with E-state index in [0.29, 0.717) is 11.7 Å². The molecule has 0 aliphatic rings. The molecule has 0 bridgehead atoms. The van der Waals surface area contributed by atoms with Crippen molar-refractivity contribution in [3.05, 3.63) is 65.7 Å². The summed E-state index contributed by atoms with van der Waals surface area (Å²) in [6.07, 6.45) is 4.22. The first-order valence-corrected chi connectivity index (χ1v) is 11.1. The first kappa shape index (κ1) is 28.0. The molecule has 2 rings (SSSR count). The monoisotopic (exact) mass is 461 g/mol. The second kappa shape index (κ2) is 13.5. The number of hydrogen-bond donors (Lipinski definition) is 0. The van der Waals surface area contributed by atoms with E-state index in [2.05, 4.69) is 75.2 Å². The summed E-state index contributed by atoms with van der Waals surface area (Å²) in [6.45, 7) is 3.78. The number of rotatable bonds is 13. The fourth-order valence-corrected chi connectivity index (χ4v) is 4.46. The molecule has 0 fully saturated rings. The number of aromatic carboxylic acids is 1. The van der Waals surface area contributed by atoms with Gasteiger partial charge in [-0.25, -0.2) is 0 Å². The van der Waals surface area contributed by atoms with Crippen molar-refractivity contribution < 1.29 is 14.6 Å². The maximum atomic E-state index is 11.1. The van der Waals surface area contributed by atoms with E-state index in [4.69, 9.17) is 4.74 Å². The lowest BCUT2D eigenvalue weighted by Crippen LogP contribution is -2.57. The molecule has 1 unspecified atom stereocenters. The molecule has 6 heteroatoms. The van der Waals surface area contributed by atoms with Crippen molar-refractivity contribution in [2.45, 2.75) is 38.2 Å². The van der Waals surface area contributed by atoms with Crippen LogP contribution < -0.4 is 9.84 Å². The van der Waals surface area contributed by atoms with Crippen LogP contribution in [0, 0.1) is 5.92 Å². The number of ether oxygens (including phenoxy) is 1. The first-order valence-electron chi connectivity index (χ1n) is 11.1. The number of carbonyl (C=O) groups excluding carboxylic acids is 1. The lowest BCUT2D eigenvalue weighted by atomic mass is 9.80. The molecule has 0 radical (unpaired) electrons. The quantitative estimate of drug-likeness (QED) is 0.454. The van der Waals surface area contributed by atoms with Gasteiger partial charge in [-0.15, -0.1) is 12.4 Å². The summed E-state index contributed by atoms with van der Waals surface area (Å²) >= 11 is 0. The van der Waals surface area contributed by atoms with Gasteiger partial charge in [0.05, 0.1) is 5.97 Å². The van der Waals surface area contributed by atoms with Crippen LogP contribution in [0.5, 0.6) is 5.75 Å². The van der Waals surface area contributed by atoms with Crippen molar-refractivity contribution in [3.8, 4) is 5.75 Å². The standard InChI is InChI=1S/C26H38N2O3.ClH/c1-6-23(14-10-13-21-11-8-7-9-12-21)26(19-27(2)3,20-28(4)5)31-24-17-15-22(16-18-24)25(29)30;/h7-9,11-12,15-18,23H,6,10,13-14,19-20H2,1-5H3,(H,29,30);1H/p-1. The number of aryl methyl sites for hydroxylation is 1. The normalized spacial score (nSPS) is 12.5. The topological polar surface area (TPSA) is 55.8 Å². The van der Waals surface area contributed by atoms with Crippen LogP contribution in [0.25, 0.3) is 0 Å². The number of nitrogens with zero attached hydrogens (tertiary/aromatic N) is 2. The van der Waals surface area contributed by atoms with Gasteiger partial charge < -0.3 is 24.4 Å². The lowest BCUT2D eigenvalue weighted by Gasteiger charge is -2.44. The minimum atomic E-state index is -1.17.